The zero-order valence-electron chi connectivity index (χ0n) is 12.2. The van der Waals surface area contributed by atoms with Crippen molar-refractivity contribution in [2.24, 2.45) is 5.92 Å². The molecule has 2 unspecified atom stereocenters. The number of aromatic nitrogens is 2. The highest BCUT2D eigenvalue weighted by molar-refractivity contribution is 7.85. The summed E-state index contributed by atoms with van der Waals surface area (Å²) >= 11 is 0. The lowest BCUT2D eigenvalue weighted by Crippen LogP contribution is -2.27. The van der Waals surface area contributed by atoms with Gasteiger partial charge in [0.1, 0.15) is 6.73 Å². The van der Waals surface area contributed by atoms with Crippen LogP contribution in [0.4, 0.5) is 13.2 Å². The van der Waals surface area contributed by atoms with Crippen molar-refractivity contribution in [3.8, 4) is 0 Å². The van der Waals surface area contributed by atoms with Gasteiger partial charge in [0, 0.05) is 19.5 Å². The van der Waals surface area contributed by atoms with Crippen molar-refractivity contribution in [1.82, 2.24) is 9.78 Å². The standard InChI is InChI=1S/C12H17F3N2O5S/c1-21-7-17-9(5-11(16-17)12(13,14)15)10-4-8(2-3-22-10)6-23(18,19)20/h5,8,10H,2-4,6-7H2,1H3,(H,18,19,20)/p-1. The minimum absolute atomic E-state index is 0.133. The average molecular weight is 357 g/mol. The first-order valence-electron chi connectivity index (χ1n) is 6.79. The van der Waals surface area contributed by atoms with Gasteiger partial charge in [-0.3, -0.25) is 0 Å². The van der Waals surface area contributed by atoms with Crippen molar-refractivity contribution in [2.75, 3.05) is 19.5 Å². The molecule has 23 heavy (non-hydrogen) atoms. The fourth-order valence-corrected chi connectivity index (χ4v) is 3.45. The first-order valence-corrected chi connectivity index (χ1v) is 8.37. The van der Waals surface area contributed by atoms with E-state index in [2.05, 4.69) is 5.10 Å². The SMILES string of the molecule is COCn1nc(C(F)(F)F)cc1C1CC(CS(=O)(=O)[O-])CCO1. The van der Waals surface area contributed by atoms with Crippen LogP contribution in [0.15, 0.2) is 6.07 Å². The Morgan fingerprint density at radius 1 is 1.52 bits per heavy atom. The Balaban J connectivity index is 2.24. The van der Waals surface area contributed by atoms with Gasteiger partial charge in [0.25, 0.3) is 0 Å². The van der Waals surface area contributed by atoms with Gasteiger partial charge in [-0.15, -0.1) is 0 Å². The molecule has 1 aromatic rings. The first-order chi connectivity index (χ1) is 10.6. The fraction of sp³-hybridized carbons (Fsp3) is 0.750. The van der Waals surface area contributed by atoms with Crippen LogP contribution in [0.25, 0.3) is 0 Å². The summed E-state index contributed by atoms with van der Waals surface area (Å²) in [6.07, 6.45) is -4.88. The number of hydrogen-bond donors (Lipinski definition) is 0. The van der Waals surface area contributed by atoms with Gasteiger partial charge in [-0.05, 0) is 24.8 Å². The van der Waals surface area contributed by atoms with Gasteiger partial charge in [0.2, 0.25) is 0 Å². The second-order valence-corrected chi connectivity index (χ2v) is 6.79. The van der Waals surface area contributed by atoms with E-state index < -0.39 is 39.8 Å². The van der Waals surface area contributed by atoms with Gasteiger partial charge >= 0.3 is 6.18 Å². The van der Waals surface area contributed by atoms with Crippen LogP contribution in [-0.4, -0.2) is 42.2 Å². The molecule has 0 N–H and O–H groups in total. The third-order valence-corrected chi connectivity index (χ3v) is 4.39. The molecule has 7 nitrogen and oxygen atoms in total. The van der Waals surface area contributed by atoms with Crippen LogP contribution in [0.2, 0.25) is 0 Å². The lowest BCUT2D eigenvalue weighted by molar-refractivity contribution is -0.141. The largest absolute Gasteiger partial charge is 0.748 e. The molecule has 0 radical (unpaired) electrons. The third kappa shape index (κ3) is 4.90. The summed E-state index contributed by atoms with van der Waals surface area (Å²) in [5.41, 5.74) is -0.932. The van der Waals surface area contributed by atoms with E-state index >= 15 is 0 Å². The van der Waals surface area contributed by atoms with Crippen LogP contribution < -0.4 is 0 Å². The zero-order valence-corrected chi connectivity index (χ0v) is 13.1. The Morgan fingerprint density at radius 3 is 2.78 bits per heavy atom. The van der Waals surface area contributed by atoms with Crippen molar-refractivity contribution < 1.29 is 35.6 Å². The quantitative estimate of drug-likeness (QED) is 0.742. The van der Waals surface area contributed by atoms with Crippen molar-refractivity contribution in [1.29, 1.82) is 0 Å². The Labute approximate surface area is 131 Å². The molecule has 1 saturated heterocycles. The van der Waals surface area contributed by atoms with Crippen LogP contribution in [0.1, 0.15) is 30.3 Å². The van der Waals surface area contributed by atoms with Gasteiger partial charge in [-0.25, -0.2) is 13.1 Å². The second-order valence-electron chi connectivity index (χ2n) is 5.34. The highest BCUT2D eigenvalue weighted by atomic mass is 32.2. The summed E-state index contributed by atoms with van der Waals surface area (Å²) in [6, 6.07) is 0.859. The summed E-state index contributed by atoms with van der Waals surface area (Å²) in [5.74, 6) is -1.02. The topological polar surface area (TPSA) is 93.5 Å². The minimum atomic E-state index is -4.61. The Bertz CT molecular complexity index is 644. The van der Waals surface area contributed by atoms with Crippen LogP contribution in [0.3, 0.4) is 0 Å². The van der Waals surface area contributed by atoms with Gasteiger partial charge < -0.3 is 14.0 Å². The Kier molecular flexibility index (Phi) is 5.33. The lowest BCUT2D eigenvalue weighted by Gasteiger charge is -2.30. The molecule has 0 spiro atoms. The summed E-state index contributed by atoms with van der Waals surface area (Å²) in [5, 5.41) is 3.45. The number of ether oxygens (including phenoxy) is 2. The number of halogens is 3. The zero-order chi connectivity index (χ0) is 17.3. The average Bonchev–Trinajstić information content (AvgIpc) is 2.81. The molecule has 2 rings (SSSR count). The van der Waals surface area contributed by atoms with Gasteiger partial charge in [-0.2, -0.15) is 18.3 Å². The first kappa shape index (κ1) is 18.2. The summed E-state index contributed by atoms with van der Waals surface area (Å²) in [6.45, 7) is -0.0415. The maximum absolute atomic E-state index is 12.8. The highest BCUT2D eigenvalue weighted by Gasteiger charge is 2.37. The molecule has 0 bridgehead atoms. The minimum Gasteiger partial charge on any atom is -0.748 e. The normalized spacial score (nSPS) is 23.2. The van der Waals surface area contributed by atoms with E-state index in [0.29, 0.717) is 6.42 Å². The molecule has 2 atom stereocenters. The van der Waals surface area contributed by atoms with E-state index in [4.69, 9.17) is 9.47 Å². The van der Waals surface area contributed by atoms with E-state index in [0.717, 1.165) is 10.7 Å². The molecular formula is C12H16F3N2O5S-. The van der Waals surface area contributed by atoms with E-state index in [-0.39, 0.29) is 25.5 Å². The molecule has 1 aromatic heterocycles. The third-order valence-electron chi connectivity index (χ3n) is 3.52. The molecule has 2 heterocycles. The van der Waals surface area contributed by atoms with Gasteiger partial charge in [0.15, 0.2) is 5.69 Å². The maximum Gasteiger partial charge on any atom is 0.435 e. The van der Waals surface area contributed by atoms with Crippen LogP contribution in [-0.2, 0) is 32.5 Å². The monoisotopic (exact) mass is 357 g/mol. The maximum atomic E-state index is 12.8. The lowest BCUT2D eigenvalue weighted by atomic mass is 9.95. The van der Waals surface area contributed by atoms with Crippen LogP contribution in [0.5, 0.6) is 0 Å². The fourth-order valence-electron chi connectivity index (χ4n) is 2.57. The Morgan fingerprint density at radius 2 is 2.22 bits per heavy atom. The summed E-state index contributed by atoms with van der Waals surface area (Å²) < 4.78 is 82.3. The van der Waals surface area contributed by atoms with E-state index in [1.165, 1.54) is 7.11 Å². The molecule has 0 aliphatic carbocycles. The predicted molar refractivity (Wildman–Crippen MR) is 70.2 cm³/mol. The number of rotatable bonds is 5. The number of hydrogen-bond acceptors (Lipinski definition) is 6. The van der Waals surface area contributed by atoms with Crippen molar-refractivity contribution in [3.05, 3.63) is 17.5 Å². The number of nitrogens with zero attached hydrogens (tertiary/aromatic N) is 2. The van der Waals surface area contributed by atoms with Crippen molar-refractivity contribution in [3.63, 3.8) is 0 Å². The van der Waals surface area contributed by atoms with E-state index in [9.17, 15) is 26.1 Å². The van der Waals surface area contributed by atoms with Crippen LogP contribution >= 0.6 is 0 Å². The van der Waals surface area contributed by atoms with Gasteiger partial charge in [0.05, 0.1) is 21.9 Å². The summed E-state index contributed by atoms with van der Waals surface area (Å²) in [4.78, 5) is 0. The molecule has 1 aliphatic rings. The summed E-state index contributed by atoms with van der Waals surface area (Å²) in [7, 11) is -3.09. The number of alkyl halides is 3. The van der Waals surface area contributed by atoms with Crippen molar-refractivity contribution >= 4 is 10.1 Å². The van der Waals surface area contributed by atoms with E-state index in [1.54, 1.807) is 0 Å². The molecule has 132 valence electrons. The van der Waals surface area contributed by atoms with Gasteiger partial charge in [-0.1, -0.05) is 0 Å². The molecule has 1 fully saturated rings. The van der Waals surface area contributed by atoms with Crippen LogP contribution in [0, 0.1) is 5.92 Å². The molecular weight excluding hydrogens is 341 g/mol. The predicted octanol–water partition coefficient (Wildman–Crippen LogP) is 1.52. The molecule has 0 amide bonds. The molecule has 0 saturated carbocycles. The smallest absolute Gasteiger partial charge is 0.435 e. The molecule has 11 heteroatoms. The molecule has 1 aliphatic heterocycles. The molecule has 0 aromatic carbocycles. The number of methoxy groups -OCH3 is 1. The second kappa shape index (κ2) is 6.75. The van der Waals surface area contributed by atoms with Crippen molar-refractivity contribution in [2.45, 2.75) is 31.9 Å². The van der Waals surface area contributed by atoms with E-state index in [1.807, 2.05) is 0 Å². The Hall–Kier alpha value is -1.17. The highest BCUT2D eigenvalue weighted by Crippen LogP contribution is 2.36.